The molecule has 0 heterocycles. The van der Waals surface area contributed by atoms with Crippen molar-refractivity contribution in [2.45, 2.75) is 0 Å². The van der Waals surface area contributed by atoms with Gasteiger partial charge in [0.15, 0.2) is 17.3 Å². The second-order valence-corrected chi connectivity index (χ2v) is 3.93. The van der Waals surface area contributed by atoms with Crippen molar-refractivity contribution in [3.63, 3.8) is 0 Å². The van der Waals surface area contributed by atoms with Crippen LogP contribution in [0.5, 0.6) is 17.2 Å². The Labute approximate surface area is 109 Å². The van der Waals surface area contributed by atoms with Crippen LogP contribution in [0.25, 0.3) is 6.08 Å². The highest BCUT2D eigenvalue weighted by Gasteiger charge is 2.09. The van der Waals surface area contributed by atoms with Gasteiger partial charge < -0.3 is 15.3 Å². The van der Waals surface area contributed by atoms with Crippen LogP contribution in [0.1, 0.15) is 15.9 Å². The third-order valence-electron chi connectivity index (χ3n) is 2.63. The van der Waals surface area contributed by atoms with Crippen LogP contribution in [0.2, 0.25) is 0 Å². The number of hydrogen-bond acceptors (Lipinski definition) is 4. The molecule has 3 N–H and O–H groups in total. The maximum Gasteiger partial charge on any atom is 0.200 e. The van der Waals surface area contributed by atoms with Crippen LogP contribution in [-0.4, -0.2) is 21.1 Å². The van der Waals surface area contributed by atoms with Crippen LogP contribution in [-0.2, 0) is 0 Å². The molecule has 0 fully saturated rings. The lowest BCUT2D eigenvalue weighted by atomic mass is 10.1. The summed E-state index contributed by atoms with van der Waals surface area (Å²) in [6.07, 6.45) is 2.67. The molecule has 0 aliphatic heterocycles. The monoisotopic (exact) mass is 256 g/mol. The van der Waals surface area contributed by atoms with E-state index in [9.17, 15) is 20.1 Å². The standard InChI is InChI=1S/C15H12O4/c16-12(10-4-2-1-3-5-10)8-6-11-7-9-13(17)15(19)14(11)18/h1-9,17-19H/b8-6+. The summed E-state index contributed by atoms with van der Waals surface area (Å²) >= 11 is 0. The van der Waals surface area contributed by atoms with Crippen LogP contribution in [0.15, 0.2) is 48.5 Å². The minimum Gasteiger partial charge on any atom is -0.504 e. The molecule has 0 saturated carbocycles. The first-order valence-electron chi connectivity index (χ1n) is 5.61. The molecule has 19 heavy (non-hydrogen) atoms. The topological polar surface area (TPSA) is 77.8 Å². The number of phenols is 3. The van der Waals surface area contributed by atoms with Gasteiger partial charge in [-0.2, -0.15) is 0 Å². The van der Waals surface area contributed by atoms with Crippen molar-refractivity contribution >= 4 is 11.9 Å². The summed E-state index contributed by atoms with van der Waals surface area (Å²) in [5.41, 5.74) is 0.779. The lowest BCUT2D eigenvalue weighted by Gasteiger charge is -2.03. The van der Waals surface area contributed by atoms with Gasteiger partial charge in [-0.15, -0.1) is 0 Å². The van der Waals surface area contributed by atoms with Crippen molar-refractivity contribution in [1.82, 2.24) is 0 Å². The molecule has 0 amide bonds. The van der Waals surface area contributed by atoms with E-state index in [1.54, 1.807) is 24.3 Å². The Kier molecular flexibility index (Phi) is 3.52. The van der Waals surface area contributed by atoms with Crippen molar-refractivity contribution in [3.8, 4) is 17.2 Å². The molecule has 4 heteroatoms. The number of phenolic OH excluding ortho intramolecular Hbond substituents is 3. The molecule has 0 aliphatic rings. The van der Waals surface area contributed by atoms with Gasteiger partial charge in [-0.25, -0.2) is 0 Å². The van der Waals surface area contributed by atoms with Gasteiger partial charge in [-0.1, -0.05) is 30.3 Å². The number of allylic oxidation sites excluding steroid dienone is 1. The molecular formula is C15H12O4. The highest BCUT2D eigenvalue weighted by molar-refractivity contribution is 6.06. The van der Waals surface area contributed by atoms with Crippen molar-refractivity contribution in [1.29, 1.82) is 0 Å². The number of carbonyl (C=O) groups is 1. The quantitative estimate of drug-likeness (QED) is 0.448. The minimum absolute atomic E-state index is 0.215. The largest absolute Gasteiger partial charge is 0.504 e. The molecule has 2 aromatic rings. The number of rotatable bonds is 3. The molecule has 2 aromatic carbocycles. The summed E-state index contributed by atoms with van der Waals surface area (Å²) in [7, 11) is 0. The predicted octanol–water partition coefficient (Wildman–Crippen LogP) is 2.70. The Morgan fingerprint density at radius 1 is 0.895 bits per heavy atom. The summed E-state index contributed by atoms with van der Waals surface area (Å²) in [5.74, 6) is -1.69. The van der Waals surface area contributed by atoms with E-state index in [-0.39, 0.29) is 11.3 Å². The minimum atomic E-state index is -0.602. The molecule has 0 bridgehead atoms. The third-order valence-corrected chi connectivity index (χ3v) is 2.63. The lowest BCUT2D eigenvalue weighted by Crippen LogP contribution is -1.92. The smallest absolute Gasteiger partial charge is 0.200 e. The van der Waals surface area contributed by atoms with E-state index in [0.29, 0.717) is 5.56 Å². The Morgan fingerprint density at radius 2 is 1.58 bits per heavy atom. The van der Waals surface area contributed by atoms with E-state index < -0.39 is 17.2 Å². The third kappa shape index (κ3) is 2.74. The van der Waals surface area contributed by atoms with E-state index >= 15 is 0 Å². The fraction of sp³-hybridized carbons (Fsp3) is 0. The van der Waals surface area contributed by atoms with Gasteiger partial charge >= 0.3 is 0 Å². The van der Waals surface area contributed by atoms with Gasteiger partial charge in [-0.05, 0) is 24.3 Å². The summed E-state index contributed by atoms with van der Waals surface area (Å²) in [5, 5.41) is 28.1. The van der Waals surface area contributed by atoms with Gasteiger partial charge in [0.05, 0.1) is 0 Å². The average molecular weight is 256 g/mol. The summed E-state index contributed by atoms with van der Waals surface area (Å²) in [6, 6.07) is 11.3. The van der Waals surface area contributed by atoms with Crippen molar-refractivity contribution in [2.24, 2.45) is 0 Å². The average Bonchev–Trinajstić information content (AvgIpc) is 2.45. The maximum absolute atomic E-state index is 11.8. The van der Waals surface area contributed by atoms with Crippen LogP contribution in [0.4, 0.5) is 0 Å². The normalized spacial score (nSPS) is 10.7. The highest BCUT2D eigenvalue weighted by Crippen LogP contribution is 2.37. The molecule has 0 aromatic heterocycles. The van der Waals surface area contributed by atoms with Crippen molar-refractivity contribution < 1.29 is 20.1 Å². The number of hydrogen-bond donors (Lipinski definition) is 3. The van der Waals surface area contributed by atoms with Crippen LogP contribution < -0.4 is 0 Å². The van der Waals surface area contributed by atoms with Crippen molar-refractivity contribution in [2.75, 3.05) is 0 Å². The van der Waals surface area contributed by atoms with Crippen molar-refractivity contribution in [3.05, 3.63) is 59.7 Å². The zero-order valence-electron chi connectivity index (χ0n) is 9.95. The number of aromatic hydroxyl groups is 3. The van der Waals surface area contributed by atoms with Gasteiger partial charge in [0, 0.05) is 11.1 Å². The van der Waals surface area contributed by atoms with Gasteiger partial charge in [-0.3, -0.25) is 4.79 Å². The number of ketones is 1. The van der Waals surface area contributed by atoms with Crippen LogP contribution in [0.3, 0.4) is 0 Å². The number of carbonyl (C=O) groups excluding carboxylic acids is 1. The van der Waals surface area contributed by atoms with E-state index in [1.807, 2.05) is 6.07 Å². The molecule has 96 valence electrons. The van der Waals surface area contributed by atoms with Gasteiger partial charge in [0.1, 0.15) is 0 Å². The highest BCUT2D eigenvalue weighted by atomic mass is 16.3. The second-order valence-electron chi connectivity index (χ2n) is 3.93. The maximum atomic E-state index is 11.8. The lowest BCUT2D eigenvalue weighted by molar-refractivity contribution is 0.104. The Bertz CT molecular complexity index is 630. The van der Waals surface area contributed by atoms with Gasteiger partial charge in [0.2, 0.25) is 5.75 Å². The second kappa shape index (κ2) is 5.27. The zero-order valence-corrected chi connectivity index (χ0v) is 9.95. The first kappa shape index (κ1) is 12.7. The molecule has 0 unspecified atom stereocenters. The molecule has 0 aliphatic carbocycles. The Morgan fingerprint density at radius 3 is 2.26 bits per heavy atom. The first-order valence-corrected chi connectivity index (χ1v) is 5.61. The number of benzene rings is 2. The molecular weight excluding hydrogens is 244 g/mol. The zero-order chi connectivity index (χ0) is 13.8. The fourth-order valence-corrected chi connectivity index (χ4v) is 1.58. The van der Waals surface area contributed by atoms with Crippen LogP contribution >= 0.6 is 0 Å². The Hall–Kier alpha value is -2.75. The van der Waals surface area contributed by atoms with E-state index in [2.05, 4.69) is 0 Å². The van der Waals surface area contributed by atoms with E-state index in [4.69, 9.17) is 0 Å². The van der Waals surface area contributed by atoms with Crippen LogP contribution in [0, 0.1) is 0 Å². The predicted molar refractivity (Wildman–Crippen MR) is 71.2 cm³/mol. The van der Waals surface area contributed by atoms with E-state index in [1.165, 1.54) is 24.3 Å². The summed E-state index contributed by atoms with van der Waals surface area (Å²) in [6.45, 7) is 0. The Balaban J connectivity index is 2.25. The molecule has 0 saturated heterocycles. The summed E-state index contributed by atoms with van der Waals surface area (Å²) in [4.78, 5) is 11.8. The summed E-state index contributed by atoms with van der Waals surface area (Å²) < 4.78 is 0. The first-order chi connectivity index (χ1) is 9.09. The van der Waals surface area contributed by atoms with E-state index in [0.717, 1.165) is 0 Å². The fourth-order valence-electron chi connectivity index (χ4n) is 1.58. The SMILES string of the molecule is O=C(/C=C/c1ccc(O)c(O)c1O)c1ccccc1. The molecule has 0 atom stereocenters. The molecule has 0 spiro atoms. The molecule has 4 nitrogen and oxygen atoms in total. The molecule has 2 rings (SSSR count). The molecule has 0 radical (unpaired) electrons. The van der Waals surface area contributed by atoms with Gasteiger partial charge in [0.25, 0.3) is 0 Å².